The van der Waals surface area contributed by atoms with Gasteiger partial charge in [-0.15, -0.1) is 0 Å². The molecule has 0 aromatic heterocycles. The van der Waals surface area contributed by atoms with Crippen molar-refractivity contribution in [1.29, 1.82) is 0 Å². The summed E-state index contributed by atoms with van der Waals surface area (Å²) < 4.78 is 5.69. The number of carbonyl (C=O) groups is 1. The van der Waals surface area contributed by atoms with Gasteiger partial charge in [0, 0.05) is 12.1 Å². The second-order valence-electron chi connectivity index (χ2n) is 6.52. The number of hydrogen-bond acceptors (Lipinski definition) is 2. The van der Waals surface area contributed by atoms with Crippen molar-refractivity contribution in [2.45, 2.75) is 83.3 Å². The Morgan fingerprint density at radius 1 is 1.17 bits per heavy atom. The summed E-state index contributed by atoms with van der Waals surface area (Å²) in [5, 5.41) is 0. The summed E-state index contributed by atoms with van der Waals surface area (Å²) in [5.74, 6) is 0. The average Bonchev–Trinajstić information content (AvgIpc) is 2.73. The van der Waals surface area contributed by atoms with Gasteiger partial charge in [-0.3, -0.25) is 0 Å². The van der Waals surface area contributed by atoms with E-state index in [1.807, 2.05) is 18.7 Å². The summed E-state index contributed by atoms with van der Waals surface area (Å²) in [6.45, 7) is 6.94. The van der Waals surface area contributed by atoms with Crippen molar-refractivity contribution in [2.24, 2.45) is 0 Å². The summed E-state index contributed by atoms with van der Waals surface area (Å²) in [5.41, 5.74) is -0.200. The number of amides is 1. The van der Waals surface area contributed by atoms with Gasteiger partial charge in [0.15, 0.2) is 0 Å². The molecule has 1 aliphatic heterocycles. The van der Waals surface area contributed by atoms with Crippen molar-refractivity contribution < 1.29 is 9.53 Å². The van der Waals surface area contributed by atoms with E-state index in [1.54, 1.807) is 0 Å². The molecule has 3 heteroatoms. The normalized spacial score (nSPS) is 23.4. The van der Waals surface area contributed by atoms with E-state index in [0.29, 0.717) is 0 Å². The lowest BCUT2D eigenvalue weighted by atomic mass is 9.80. The highest BCUT2D eigenvalue weighted by Gasteiger charge is 2.45. The average molecular weight is 253 g/mol. The maximum atomic E-state index is 12.4. The summed E-state index contributed by atoms with van der Waals surface area (Å²) in [4.78, 5) is 14.4. The molecule has 1 saturated carbocycles. The maximum Gasteiger partial charge on any atom is 0.410 e. The van der Waals surface area contributed by atoms with Crippen LogP contribution in [-0.2, 0) is 4.74 Å². The molecule has 0 unspecified atom stereocenters. The van der Waals surface area contributed by atoms with Crippen LogP contribution >= 0.6 is 0 Å². The Balaban J connectivity index is 2.04. The Bertz CT molecular complexity index is 306. The third-order valence-corrected chi connectivity index (χ3v) is 4.82. The van der Waals surface area contributed by atoms with Crippen LogP contribution in [0.2, 0.25) is 0 Å². The molecule has 2 fully saturated rings. The first kappa shape index (κ1) is 13.7. The molecular formula is C15H27NO2. The molecule has 1 heterocycles. The first-order valence-corrected chi connectivity index (χ1v) is 7.50. The smallest absolute Gasteiger partial charge is 0.410 e. The molecule has 0 atom stereocenters. The van der Waals surface area contributed by atoms with E-state index in [0.717, 1.165) is 19.4 Å². The molecule has 1 amide bonds. The fourth-order valence-corrected chi connectivity index (χ4v) is 3.32. The van der Waals surface area contributed by atoms with Crippen LogP contribution in [0.3, 0.4) is 0 Å². The monoisotopic (exact) mass is 253 g/mol. The van der Waals surface area contributed by atoms with Crippen LogP contribution in [0.4, 0.5) is 4.79 Å². The molecule has 1 spiro atoms. The van der Waals surface area contributed by atoms with Gasteiger partial charge >= 0.3 is 6.09 Å². The van der Waals surface area contributed by atoms with Gasteiger partial charge < -0.3 is 9.64 Å². The Labute approximate surface area is 111 Å². The van der Waals surface area contributed by atoms with E-state index in [1.165, 1.54) is 38.5 Å². The Morgan fingerprint density at radius 2 is 1.78 bits per heavy atom. The predicted molar refractivity (Wildman–Crippen MR) is 72.6 cm³/mol. The second-order valence-corrected chi connectivity index (χ2v) is 6.52. The number of likely N-dealkylation sites (tertiary alicyclic amines) is 1. The Hall–Kier alpha value is -0.730. The molecule has 3 nitrogen and oxygen atoms in total. The molecule has 0 radical (unpaired) electrons. The van der Waals surface area contributed by atoms with Gasteiger partial charge in [0.2, 0.25) is 0 Å². The van der Waals surface area contributed by atoms with Crippen LogP contribution in [0.5, 0.6) is 0 Å². The van der Waals surface area contributed by atoms with Crippen molar-refractivity contribution in [3.8, 4) is 0 Å². The van der Waals surface area contributed by atoms with Gasteiger partial charge in [-0.2, -0.15) is 0 Å². The van der Waals surface area contributed by atoms with Crippen molar-refractivity contribution in [3.63, 3.8) is 0 Å². The van der Waals surface area contributed by atoms with Crippen LogP contribution in [0.25, 0.3) is 0 Å². The summed E-state index contributed by atoms with van der Waals surface area (Å²) >= 11 is 0. The molecule has 0 bridgehead atoms. The highest BCUT2D eigenvalue weighted by molar-refractivity contribution is 5.69. The standard InChI is InChI=1S/C15H27NO2/c1-4-14(2,3)18-13(17)16-12-8-11-15(16)9-6-5-7-10-15/h4-12H2,1-3H3. The minimum Gasteiger partial charge on any atom is -0.443 e. The number of carbonyl (C=O) groups excluding carboxylic acids is 1. The second kappa shape index (κ2) is 5.10. The molecule has 104 valence electrons. The van der Waals surface area contributed by atoms with E-state index in [4.69, 9.17) is 4.74 Å². The third-order valence-electron chi connectivity index (χ3n) is 4.82. The molecule has 2 aliphatic rings. The van der Waals surface area contributed by atoms with Crippen LogP contribution in [0.1, 0.15) is 72.1 Å². The molecule has 0 N–H and O–H groups in total. The Morgan fingerprint density at radius 3 is 2.39 bits per heavy atom. The first-order valence-electron chi connectivity index (χ1n) is 7.50. The van der Waals surface area contributed by atoms with Crippen molar-refractivity contribution >= 4 is 6.09 Å². The largest absolute Gasteiger partial charge is 0.443 e. The van der Waals surface area contributed by atoms with Gasteiger partial charge in [0.25, 0.3) is 0 Å². The van der Waals surface area contributed by atoms with Gasteiger partial charge in [0.05, 0.1) is 0 Å². The lowest BCUT2D eigenvalue weighted by Crippen LogP contribution is -2.50. The van der Waals surface area contributed by atoms with Gasteiger partial charge in [-0.1, -0.05) is 26.2 Å². The third kappa shape index (κ3) is 2.65. The highest BCUT2D eigenvalue weighted by atomic mass is 16.6. The van der Waals surface area contributed by atoms with Crippen molar-refractivity contribution in [2.75, 3.05) is 6.54 Å². The minimum absolute atomic E-state index is 0.0822. The molecule has 2 rings (SSSR count). The van der Waals surface area contributed by atoms with Crippen molar-refractivity contribution in [3.05, 3.63) is 0 Å². The quantitative estimate of drug-likeness (QED) is 0.741. The van der Waals surface area contributed by atoms with Crippen LogP contribution < -0.4 is 0 Å². The molecular weight excluding hydrogens is 226 g/mol. The molecule has 18 heavy (non-hydrogen) atoms. The molecule has 1 aliphatic carbocycles. The van der Waals surface area contributed by atoms with Gasteiger partial charge in [-0.25, -0.2) is 4.79 Å². The molecule has 1 saturated heterocycles. The number of nitrogens with zero attached hydrogens (tertiary/aromatic N) is 1. The fourth-order valence-electron chi connectivity index (χ4n) is 3.32. The zero-order valence-electron chi connectivity index (χ0n) is 12.1. The fraction of sp³-hybridized carbons (Fsp3) is 0.933. The highest BCUT2D eigenvalue weighted by Crippen LogP contribution is 2.42. The zero-order chi connectivity index (χ0) is 13.2. The van der Waals surface area contributed by atoms with Gasteiger partial charge in [0.1, 0.15) is 5.60 Å². The number of rotatable bonds is 2. The first-order chi connectivity index (χ1) is 8.49. The SMILES string of the molecule is CCC(C)(C)OC(=O)N1CCCC12CCCCC2. The lowest BCUT2D eigenvalue weighted by Gasteiger charge is -2.42. The topological polar surface area (TPSA) is 29.5 Å². The van der Waals surface area contributed by atoms with Crippen molar-refractivity contribution in [1.82, 2.24) is 4.90 Å². The molecule has 0 aromatic carbocycles. The lowest BCUT2D eigenvalue weighted by molar-refractivity contribution is -0.00976. The van der Waals surface area contributed by atoms with E-state index in [2.05, 4.69) is 6.92 Å². The van der Waals surface area contributed by atoms with E-state index in [-0.39, 0.29) is 17.2 Å². The Kier molecular flexibility index (Phi) is 3.88. The summed E-state index contributed by atoms with van der Waals surface area (Å²) in [6.07, 6.45) is 9.30. The molecule has 0 aromatic rings. The predicted octanol–water partition coefficient (Wildman–Crippen LogP) is 4.11. The number of ether oxygens (including phenoxy) is 1. The van der Waals surface area contributed by atoms with E-state index in [9.17, 15) is 4.79 Å². The zero-order valence-corrected chi connectivity index (χ0v) is 12.1. The van der Waals surface area contributed by atoms with E-state index < -0.39 is 0 Å². The van der Waals surface area contributed by atoms with Gasteiger partial charge in [-0.05, 0) is 46.0 Å². The maximum absolute atomic E-state index is 12.4. The van der Waals surface area contributed by atoms with Crippen LogP contribution in [0, 0.1) is 0 Å². The number of hydrogen-bond donors (Lipinski definition) is 0. The van der Waals surface area contributed by atoms with Crippen LogP contribution in [0.15, 0.2) is 0 Å². The summed E-state index contributed by atoms with van der Waals surface area (Å²) in [6, 6.07) is 0. The summed E-state index contributed by atoms with van der Waals surface area (Å²) in [7, 11) is 0. The van der Waals surface area contributed by atoms with E-state index >= 15 is 0 Å². The van der Waals surface area contributed by atoms with Crippen LogP contribution in [-0.4, -0.2) is 28.7 Å². The minimum atomic E-state index is -0.338.